The summed E-state index contributed by atoms with van der Waals surface area (Å²) in [5.41, 5.74) is 4.49. The Kier molecular flexibility index (Phi) is 4.39. The third kappa shape index (κ3) is 2.75. The Morgan fingerprint density at radius 2 is 1.29 bits per heavy atom. The van der Waals surface area contributed by atoms with Crippen LogP contribution in [-0.4, -0.2) is 20.6 Å². The van der Waals surface area contributed by atoms with Gasteiger partial charge in [0.1, 0.15) is 5.82 Å². The monoisotopic (exact) mass is 447 g/mol. The van der Waals surface area contributed by atoms with E-state index in [1.54, 1.807) is 13.1 Å². The van der Waals surface area contributed by atoms with Crippen molar-refractivity contribution < 1.29 is 4.79 Å². The zero-order chi connectivity index (χ0) is 23.6. The molecule has 0 saturated heterocycles. The standard InChI is InChI=1S/C28H21N3O3/c1-30-26-23(27(33)31(2)28(30)34)21(18-14-12-17(13-15-18)16-8-4-3-5-9-16)22-24(29-26)19-10-6-7-11-20(19)25(22)32/h3-15,21-22H,1-2H3/t21-,22+/m0/s1. The van der Waals surface area contributed by atoms with Gasteiger partial charge in [-0.25, -0.2) is 9.79 Å². The summed E-state index contributed by atoms with van der Waals surface area (Å²) in [6.45, 7) is 0. The molecule has 6 nitrogen and oxygen atoms in total. The quantitative estimate of drug-likeness (QED) is 0.469. The number of hydrogen-bond donors (Lipinski definition) is 0. The van der Waals surface area contributed by atoms with Gasteiger partial charge in [0, 0.05) is 31.1 Å². The number of carbonyl (C=O) groups excluding carboxylic acids is 1. The Morgan fingerprint density at radius 3 is 2.00 bits per heavy atom. The normalized spacial score (nSPS) is 18.2. The summed E-state index contributed by atoms with van der Waals surface area (Å²) in [5.74, 6) is -0.885. The van der Waals surface area contributed by atoms with Gasteiger partial charge in [-0.3, -0.25) is 18.7 Å². The highest BCUT2D eigenvalue weighted by Gasteiger charge is 2.47. The van der Waals surface area contributed by atoms with Crippen LogP contribution in [0.1, 0.15) is 33.0 Å². The van der Waals surface area contributed by atoms with E-state index in [-0.39, 0.29) is 5.78 Å². The molecule has 1 aliphatic carbocycles. The Labute approximate surface area is 195 Å². The Bertz CT molecular complexity index is 1630. The van der Waals surface area contributed by atoms with Gasteiger partial charge in [-0.1, -0.05) is 78.9 Å². The lowest BCUT2D eigenvalue weighted by molar-refractivity contribution is 0.0953. The van der Waals surface area contributed by atoms with Crippen molar-refractivity contribution in [3.8, 4) is 11.1 Å². The van der Waals surface area contributed by atoms with Crippen molar-refractivity contribution in [3.63, 3.8) is 0 Å². The molecule has 0 radical (unpaired) electrons. The van der Waals surface area contributed by atoms with Crippen LogP contribution < -0.4 is 11.2 Å². The van der Waals surface area contributed by atoms with E-state index in [0.717, 1.165) is 26.8 Å². The zero-order valence-corrected chi connectivity index (χ0v) is 18.7. The molecule has 3 aromatic carbocycles. The molecule has 2 aliphatic rings. The van der Waals surface area contributed by atoms with E-state index in [9.17, 15) is 14.4 Å². The van der Waals surface area contributed by atoms with Gasteiger partial charge in [0.2, 0.25) is 0 Å². The predicted molar refractivity (Wildman–Crippen MR) is 131 cm³/mol. The lowest BCUT2D eigenvalue weighted by atomic mass is 9.76. The van der Waals surface area contributed by atoms with Gasteiger partial charge in [0.05, 0.1) is 17.2 Å². The Morgan fingerprint density at radius 1 is 0.676 bits per heavy atom. The smallest absolute Gasteiger partial charge is 0.293 e. The summed E-state index contributed by atoms with van der Waals surface area (Å²) in [5, 5.41) is 0. The third-order valence-electron chi connectivity index (χ3n) is 6.96. The highest BCUT2D eigenvalue weighted by atomic mass is 16.2. The molecule has 1 aromatic heterocycles. The van der Waals surface area contributed by atoms with Crippen LogP contribution in [0.5, 0.6) is 0 Å². The van der Waals surface area contributed by atoms with Crippen LogP contribution in [0.2, 0.25) is 0 Å². The van der Waals surface area contributed by atoms with Crippen molar-refractivity contribution in [2.75, 3.05) is 0 Å². The minimum atomic E-state index is -0.613. The fourth-order valence-electron chi connectivity index (χ4n) is 5.24. The van der Waals surface area contributed by atoms with Crippen LogP contribution >= 0.6 is 0 Å². The van der Waals surface area contributed by atoms with Crippen molar-refractivity contribution in [1.29, 1.82) is 0 Å². The maximum atomic E-state index is 13.6. The Balaban J connectivity index is 1.61. The first-order valence-electron chi connectivity index (χ1n) is 11.1. The number of nitrogens with zero attached hydrogens (tertiary/aromatic N) is 3. The van der Waals surface area contributed by atoms with E-state index in [1.165, 1.54) is 11.6 Å². The maximum absolute atomic E-state index is 13.6. The molecular formula is C28H21N3O3. The minimum absolute atomic E-state index is 0.0481. The van der Waals surface area contributed by atoms with Crippen LogP contribution in [0, 0.1) is 5.92 Å². The molecule has 2 heterocycles. The topological polar surface area (TPSA) is 73.4 Å². The zero-order valence-electron chi connectivity index (χ0n) is 18.7. The molecule has 166 valence electrons. The molecule has 6 heteroatoms. The number of ketones is 1. The summed E-state index contributed by atoms with van der Waals surface area (Å²) < 4.78 is 2.49. The lowest BCUT2D eigenvalue weighted by Gasteiger charge is -2.30. The summed E-state index contributed by atoms with van der Waals surface area (Å²) in [6.07, 6.45) is 0. The van der Waals surface area contributed by atoms with E-state index >= 15 is 0 Å². The van der Waals surface area contributed by atoms with Crippen molar-refractivity contribution >= 4 is 17.3 Å². The molecule has 0 fully saturated rings. The molecule has 0 N–H and O–H groups in total. The molecule has 0 saturated carbocycles. The molecular weight excluding hydrogens is 426 g/mol. The van der Waals surface area contributed by atoms with Gasteiger partial charge in [0.15, 0.2) is 5.78 Å². The molecule has 0 spiro atoms. The summed E-state index contributed by atoms with van der Waals surface area (Å²) in [7, 11) is 3.08. The molecule has 0 bridgehead atoms. The molecule has 34 heavy (non-hydrogen) atoms. The van der Waals surface area contributed by atoms with Gasteiger partial charge in [-0.15, -0.1) is 0 Å². The second-order valence-electron chi connectivity index (χ2n) is 8.79. The van der Waals surface area contributed by atoms with E-state index in [0.29, 0.717) is 22.7 Å². The van der Waals surface area contributed by atoms with Crippen LogP contribution in [0.4, 0.5) is 5.82 Å². The van der Waals surface area contributed by atoms with Crippen molar-refractivity contribution in [2.24, 2.45) is 25.0 Å². The van der Waals surface area contributed by atoms with Crippen LogP contribution in [-0.2, 0) is 14.1 Å². The van der Waals surface area contributed by atoms with Crippen LogP contribution in [0.3, 0.4) is 0 Å². The fraction of sp³-hybridized carbons (Fsp3) is 0.143. The number of fused-ring (bicyclic) bond motifs is 4. The molecule has 1 aliphatic heterocycles. The molecule has 4 aromatic rings. The molecule has 2 atom stereocenters. The molecule has 0 unspecified atom stereocenters. The van der Waals surface area contributed by atoms with E-state index in [2.05, 4.69) is 0 Å². The Hall–Kier alpha value is -4.32. The summed E-state index contributed by atoms with van der Waals surface area (Å²) in [4.78, 5) is 44.4. The number of Topliss-reactive ketones (excluding diaryl/α,β-unsaturated/α-hetero) is 1. The number of aromatic nitrogens is 2. The van der Waals surface area contributed by atoms with E-state index in [1.807, 2.05) is 72.8 Å². The second-order valence-corrected chi connectivity index (χ2v) is 8.79. The highest BCUT2D eigenvalue weighted by molar-refractivity contribution is 6.30. The first-order valence-corrected chi connectivity index (χ1v) is 11.1. The maximum Gasteiger partial charge on any atom is 0.332 e. The van der Waals surface area contributed by atoms with Crippen molar-refractivity contribution in [2.45, 2.75) is 5.92 Å². The van der Waals surface area contributed by atoms with Crippen molar-refractivity contribution in [3.05, 3.63) is 122 Å². The summed E-state index contributed by atoms with van der Waals surface area (Å²) in [6, 6.07) is 25.4. The first kappa shape index (κ1) is 20.3. The third-order valence-corrected chi connectivity index (χ3v) is 6.96. The summed E-state index contributed by atoms with van der Waals surface area (Å²) >= 11 is 0. The van der Waals surface area contributed by atoms with Gasteiger partial charge in [-0.05, 0) is 16.7 Å². The predicted octanol–water partition coefficient (Wildman–Crippen LogP) is 3.83. The number of aliphatic imine (C=N–C) groups is 1. The van der Waals surface area contributed by atoms with Crippen molar-refractivity contribution in [1.82, 2.24) is 9.13 Å². The van der Waals surface area contributed by atoms with Crippen LogP contribution in [0.15, 0.2) is 93.4 Å². The minimum Gasteiger partial charge on any atom is -0.293 e. The fourth-order valence-corrected chi connectivity index (χ4v) is 5.24. The van der Waals surface area contributed by atoms with Gasteiger partial charge < -0.3 is 0 Å². The van der Waals surface area contributed by atoms with Crippen LogP contribution in [0.25, 0.3) is 11.1 Å². The van der Waals surface area contributed by atoms with E-state index < -0.39 is 23.1 Å². The van der Waals surface area contributed by atoms with Gasteiger partial charge in [-0.2, -0.15) is 0 Å². The number of rotatable bonds is 2. The first-order chi connectivity index (χ1) is 16.5. The number of carbonyl (C=O) groups is 1. The average Bonchev–Trinajstić information content (AvgIpc) is 3.17. The highest BCUT2D eigenvalue weighted by Crippen LogP contribution is 2.46. The van der Waals surface area contributed by atoms with E-state index in [4.69, 9.17) is 4.99 Å². The molecule has 0 amide bonds. The number of benzene rings is 3. The molecule has 6 rings (SSSR count). The largest absolute Gasteiger partial charge is 0.332 e. The average molecular weight is 447 g/mol. The van der Waals surface area contributed by atoms with Gasteiger partial charge in [0.25, 0.3) is 5.56 Å². The lowest BCUT2D eigenvalue weighted by Crippen LogP contribution is -2.43. The SMILES string of the molecule is Cn1c2c(c(=O)n(C)c1=O)[C@@H](c1ccc(-c3ccccc3)cc1)[C@H]1C(=O)c3ccccc3C1=N2. The van der Waals surface area contributed by atoms with Gasteiger partial charge >= 0.3 is 5.69 Å². The number of hydrogen-bond acceptors (Lipinski definition) is 4. The second kappa shape index (κ2) is 7.35.